The Balaban J connectivity index is 1.70. The molecule has 1 saturated carbocycles. The van der Waals surface area contributed by atoms with Crippen LogP contribution in [0.1, 0.15) is 44.7 Å². The van der Waals surface area contributed by atoms with Gasteiger partial charge in [-0.3, -0.25) is 0 Å². The number of aliphatic hydroxyl groups is 1. The summed E-state index contributed by atoms with van der Waals surface area (Å²) in [7, 11) is 2.05. The van der Waals surface area contributed by atoms with Crippen LogP contribution in [0.4, 0.5) is 16.1 Å². The molecule has 0 atom stereocenters. The van der Waals surface area contributed by atoms with E-state index in [2.05, 4.69) is 73.0 Å². The van der Waals surface area contributed by atoms with E-state index in [1.54, 1.807) is 11.9 Å². The molecule has 1 aliphatic carbocycles. The van der Waals surface area contributed by atoms with E-state index in [-0.39, 0.29) is 17.5 Å². The van der Waals surface area contributed by atoms with E-state index in [0.29, 0.717) is 24.4 Å². The number of aryl methyl sites for hydroxylation is 1. The number of halogens is 1. The van der Waals surface area contributed by atoms with E-state index in [1.807, 2.05) is 6.07 Å². The van der Waals surface area contributed by atoms with Crippen LogP contribution in [-0.2, 0) is 5.41 Å². The molecule has 32 heavy (non-hydrogen) atoms. The average Bonchev–Trinajstić information content (AvgIpc) is 3.19. The van der Waals surface area contributed by atoms with E-state index in [9.17, 15) is 9.50 Å². The number of alkyl halides is 1. The quantitative estimate of drug-likeness (QED) is 0.505. The minimum atomic E-state index is -1.23. The van der Waals surface area contributed by atoms with Crippen molar-refractivity contribution in [3.63, 3.8) is 0 Å². The fourth-order valence-corrected chi connectivity index (χ4v) is 4.39. The number of hydrogen-bond acceptors (Lipinski definition) is 8. The second-order valence-corrected chi connectivity index (χ2v) is 10.6. The first kappa shape index (κ1) is 22.8. The Kier molecular flexibility index (Phi) is 5.83. The summed E-state index contributed by atoms with van der Waals surface area (Å²) < 4.78 is 20.7. The number of fused-ring (bicyclic) bond motifs is 1. The van der Waals surface area contributed by atoms with Gasteiger partial charge in [-0.15, -0.1) is 5.10 Å². The molecule has 1 aliphatic rings. The molecule has 1 aromatic carbocycles. The van der Waals surface area contributed by atoms with Crippen LogP contribution in [0.15, 0.2) is 22.6 Å². The fourth-order valence-electron chi connectivity index (χ4n) is 4.07. The maximum atomic E-state index is 12.8. The highest BCUT2D eigenvalue weighted by atomic mass is 32.2. The molecule has 9 heteroatoms. The highest BCUT2D eigenvalue weighted by Crippen LogP contribution is 2.38. The van der Waals surface area contributed by atoms with Crippen molar-refractivity contribution in [2.24, 2.45) is 0 Å². The summed E-state index contributed by atoms with van der Waals surface area (Å²) in [5.74, 6) is 0.322. The van der Waals surface area contributed by atoms with Crippen LogP contribution in [0.3, 0.4) is 0 Å². The molecule has 1 fully saturated rings. The van der Waals surface area contributed by atoms with Gasteiger partial charge in [-0.05, 0) is 54.5 Å². The number of hydrogen-bond donors (Lipinski definition) is 2. The molecule has 0 radical (unpaired) electrons. The van der Waals surface area contributed by atoms with E-state index in [0.717, 1.165) is 27.7 Å². The summed E-state index contributed by atoms with van der Waals surface area (Å²) in [6.45, 7) is 7.86. The second-order valence-electron chi connectivity index (χ2n) is 9.66. The first-order valence-electron chi connectivity index (χ1n) is 10.7. The molecular weight excluding hydrogens is 429 g/mol. The van der Waals surface area contributed by atoms with Gasteiger partial charge in [-0.25, -0.2) is 9.37 Å². The maximum Gasteiger partial charge on any atom is 0.316 e. The lowest BCUT2D eigenvalue weighted by atomic mass is 9.77. The summed E-state index contributed by atoms with van der Waals surface area (Å²) in [5, 5.41) is 22.2. The van der Waals surface area contributed by atoms with Crippen LogP contribution < -0.4 is 9.62 Å². The van der Waals surface area contributed by atoms with Crippen LogP contribution in [0, 0.1) is 6.92 Å². The average molecular weight is 460 g/mol. The molecule has 2 heterocycles. The Bertz CT molecular complexity index is 1140. The number of benzene rings is 1. The summed E-state index contributed by atoms with van der Waals surface area (Å²) in [4.78, 5) is 4.92. The van der Waals surface area contributed by atoms with Crippen molar-refractivity contribution in [2.75, 3.05) is 29.6 Å². The van der Waals surface area contributed by atoms with Crippen molar-refractivity contribution in [1.29, 1.82) is 0 Å². The molecule has 4 rings (SSSR count). The minimum absolute atomic E-state index is 0.0883. The van der Waals surface area contributed by atoms with Crippen molar-refractivity contribution in [1.82, 2.24) is 15.2 Å². The Morgan fingerprint density at radius 2 is 2.00 bits per heavy atom. The van der Waals surface area contributed by atoms with Crippen LogP contribution >= 0.6 is 11.9 Å². The summed E-state index contributed by atoms with van der Waals surface area (Å²) in [5.41, 5.74) is 3.55. The van der Waals surface area contributed by atoms with E-state index in [4.69, 9.17) is 9.40 Å². The third-order valence-electron chi connectivity index (χ3n) is 6.02. The zero-order valence-corrected chi connectivity index (χ0v) is 20.2. The molecular formula is C23H30FN5O2S. The van der Waals surface area contributed by atoms with Gasteiger partial charge in [0.05, 0.1) is 11.1 Å². The molecule has 7 nitrogen and oxygen atoms in total. The molecule has 3 aromatic rings. The molecule has 0 amide bonds. The van der Waals surface area contributed by atoms with Crippen LogP contribution in [0.5, 0.6) is 0 Å². The van der Waals surface area contributed by atoms with Gasteiger partial charge >= 0.3 is 6.01 Å². The maximum absolute atomic E-state index is 12.8. The topological polar surface area (TPSA) is 87.3 Å². The number of anilines is 2. The predicted octanol–water partition coefficient (Wildman–Crippen LogP) is 4.88. The molecule has 0 aliphatic heterocycles. The van der Waals surface area contributed by atoms with Gasteiger partial charge < -0.3 is 19.1 Å². The Hall–Kier alpha value is -2.39. The SMILES string of the molecule is CSN(C)c1cc(C(C)(C)C)c2nc(-c3nnc(NC4CC(O)(CF)C4)o3)cc(C)c2c1. The molecule has 0 unspecified atom stereocenters. The Morgan fingerprint density at radius 3 is 2.62 bits per heavy atom. The molecule has 0 saturated heterocycles. The monoisotopic (exact) mass is 459 g/mol. The standard InChI is InChI=1S/C23H30FN5O2S/c1-13-7-18(20-27-28-21(31-20)25-14-10-23(30,11-14)12-24)26-19-16(13)8-15(29(5)32-6)9-17(19)22(2,3)4/h7-9,14,30H,10-12H2,1-6H3,(H,25,28). The first-order valence-corrected chi connectivity index (χ1v) is 11.8. The van der Waals surface area contributed by atoms with Crippen molar-refractivity contribution < 1.29 is 13.9 Å². The molecule has 0 spiro atoms. The Morgan fingerprint density at radius 1 is 1.28 bits per heavy atom. The zero-order chi connectivity index (χ0) is 23.3. The lowest BCUT2D eigenvalue weighted by Gasteiger charge is -2.41. The highest BCUT2D eigenvalue weighted by Gasteiger charge is 2.43. The van der Waals surface area contributed by atoms with Gasteiger partial charge in [0.2, 0.25) is 0 Å². The van der Waals surface area contributed by atoms with Crippen molar-refractivity contribution in [3.8, 4) is 11.6 Å². The normalized spacial score (nSPS) is 20.9. The van der Waals surface area contributed by atoms with Gasteiger partial charge in [0.25, 0.3) is 5.89 Å². The van der Waals surface area contributed by atoms with Gasteiger partial charge in [-0.1, -0.05) is 37.8 Å². The van der Waals surface area contributed by atoms with Crippen LogP contribution in [0.25, 0.3) is 22.5 Å². The van der Waals surface area contributed by atoms with Crippen molar-refractivity contribution in [3.05, 3.63) is 29.3 Å². The third kappa shape index (κ3) is 4.28. The lowest BCUT2D eigenvalue weighted by molar-refractivity contribution is -0.0592. The largest absolute Gasteiger partial charge is 0.402 e. The van der Waals surface area contributed by atoms with Crippen LogP contribution in [0.2, 0.25) is 0 Å². The molecule has 2 aromatic heterocycles. The number of rotatable bonds is 6. The van der Waals surface area contributed by atoms with E-state index >= 15 is 0 Å². The summed E-state index contributed by atoms with van der Waals surface area (Å²) >= 11 is 1.66. The van der Waals surface area contributed by atoms with Crippen LogP contribution in [-0.4, -0.2) is 51.9 Å². The molecule has 2 N–H and O–H groups in total. The minimum Gasteiger partial charge on any atom is -0.402 e. The lowest BCUT2D eigenvalue weighted by Crippen LogP contribution is -2.52. The smallest absolute Gasteiger partial charge is 0.316 e. The highest BCUT2D eigenvalue weighted by molar-refractivity contribution is 7.99. The second kappa shape index (κ2) is 8.19. The molecule has 0 bridgehead atoms. The third-order valence-corrected chi connectivity index (χ3v) is 6.78. The van der Waals surface area contributed by atoms with Crippen molar-refractivity contribution >= 4 is 34.6 Å². The predicted molar refractivity (Wildman–Crippen MR) is 128 cm³/mol. The van der Waals surface area contributed by atoms with Gasteiger partial charge in [0, 0.05) is 30.4 Å². The van der Waals surface area contributed by atoms with Crippen molar-refractivity contribution in [2.45, 2.75) is 57.6 Å². The fraction of sp³-hybridized carbons (Fsp3) is 0.522. The van der Waals surface area contributed by atoms with E-state index in [1.165, 1.54) is 0 Å². The molecule has 172 valence electrons. The van der Waals surface area contributed by atoms with Gasteiger partial charge in [-0.2, -0.15) is 0 Å². The first-order chi connectivity index (χ1) is 15.0. The number of nitrogens with zero attached hydrogens (tertiary/aromatic N) is 4. The number of pyridine rings is 1. The van der Waals surface area contributed by atoms with Gasteiger partial charge in [0.15, 0.2) is 0 Å². The summed E-state index contributed by atoms with van der Waals surface area (Å²) in [6, 6.07) is 6.47. The number of aromatic nitrogens is 3. The zero-order valence-electron chi connectivity index (χ0n) is 19.4. The van der Waals surface area contributed by atoms with Gasteiger partial charge in [0.1, 0.15) is 12.4 Å². The van der Waals surface area contributed by atoms with E-state index < -0.39 is 12.3 Å². The Labute approximate surface area is 191 Å². The summed E-state index contributed by atoms with van der Waals surface area (Å²) in [6.07, 6.45) is 2.69. The number of nitrogens with one attached hydrogen (secondary N) is 1.